The summed E-state index contributed by atoms with van der Waals surface area (Å²) in [5, 5.41) is 8.90. The van der Waals surface area contributed by atoms with Crippen molar-refractivity contribution in [2.24, 2.45) is 0 Å². The summed E-state index contributed by atoms with van der Waals surface area (Å²) >= 11 is 1.62. The summed E-state index contributed by atoms with van der Waals surface area (Å²) in [6, 6.07) is 6.19. The number of hydrogen-bond donors (Lipinski definition) is 1. The van der Waals surface area contributed by atoms with Gasteiger partial charge in [0.05, 0.1) is 11.4 Å². The van der Waals surface area contributed by atoms with Crippen LogP contribution in [-0.4, -0.2) is 45.8 Å². The molecule has 5 heteroatoms. The minimum absolute atomic E-state index is 0.215. The van der Waals surface area contributed by atoms with Gasteiger partial charge in [0.15, 0.2) is 0 Å². The normalized spacial score (nSPS) is 18.4. The second-order valence-electron chi connectivity index (χ2n) is 5.06. The van der Waals surface area contributed by atoms with Crippen LogP contribution in [0.1, 0.15) is 31.4 Å². The van der Waals surface area contributed by atoms with Gasteiger partial charge in [-0.15, -0.1) is 11.8 Å². The number of pyridine rings is 1. The Labute approximate surface area is 124 Å². The monoisotopic (exact) mass is 294 g/mol. The molecule has 2 rings (SSSR count). The number of carbonyl (C=O) groups is 1. The fourth-order valence-corrected chi connectivity index (χ4v) is 3.42. The van der Waals surface area contributed by atoms with E-state index in [4.69, 9.17) is 5.11 Å². The minimum Gasteiger partial charge on any atom is -0.396 e. The topological polar surface area (TPSA) is 53.4 Å². The van der Waals surface area contributed by atoms with E-state index in [1.807, 2.05) is 23.1 Å². The highest BCUT2D eigenvalue weighted by molar-refractivity contribution is 7.99. The Balaban J connectivity index is 1.73. The predicted octanol–water partition coefficient (Wildman–Crippen LogP) is 2.08. The van der Waals surface area contributed by atoms with Crippen LogP contribution in [0.4, 0.5) is 0 Å². The predicted molar refractivity (Wildman–Crippen MR) is 81.5 cm³/mol. The highest BCUT2D eigenvalue weighted by Crippen LogP contribution is 2.22. The van der Waals surface area contributed by atoms with Crippen molar-refractivity contribution in [1.29, 1.82) is 0 Å². The van der Waals surface area contributed by atoms with E-state index in [2.05, 4.69) is 4.98 Å². The number of aliphatic hydroxyl groups excluding tert-OH is 1. The second kappa shape index (κ2) is 8.27. The molecule has 1 aliphatic heterocycles. The zero-order valence-corrected chi connectivity index (χ0v) is 12.5. The van der Waals surface area contributed by atoms with Crippen molar-refractivity contribution in [3.63, 3.8) is 0 Å². The number of thioether (sulfide) groups is 1. The van der Waals surface area contributed by atoms with Crippen molar-refractivity contribution in [1.82, 2.24) is 9.88 Å². The molecule has 0 aliphatic carbocycles. The summed E-state index contributed by atoms with van der Waals surface area (Å²) in [6.07, 6.45) is 5.66. The van der Waals surface area contributed by atoms with Gasteiger partial charge in [0.25, 0.3) is 0 Å². The third-order valence-corrected chi connectivity index (χ3v) is 4.55. The lowest BCUT2D eigenvalue weighted by atomic mass is 10.1. The molecule has 1 aromatic rings. The Hall–Kier alpha value is -1.07. The molecule has 1 N–H and O–H groups in total. The molecule has 1 aliphatic rings. The molecule has 110 valence electrons. The zero-order valence-electron chi connectivity index (χ0n) is 11.7. The molecule has 1 aromatic heterocycles. The van der Waals surface area contributed by atoms with Gasteiger partial charge >= 0.3 is 0 Å². The average Bonchev–Trinajstić information content (AvgIpc) is 2.94. The van der Waals surface area contributed by atoms with Crippen LogP contribution in [0, 0.1) is 0 Å². The van der Waals surface area contributed by atoms with E-state index < -0.39 is 0 Å². The maximum absolute atomic E-state index is 12.2. The molecule has 0 aromatic carbocycles. The van der Waals surface area contributed by atoms with E-state index in [1.54, 1.807) is 18.0 Å². The summed E-state index contributed by atoms with van der Waals surface area (Å²) < 4.78 is 0. The number of rotatable bonds is 7. The molecule has 0 saturated carbocycles. The van der Waals surface area contributed by atoms with Crippen molar-refractivity contribution < 1.29 is 9.90 Å². The van der Waals surface area contributed by atoms with Gasteiger partial charge in [-0.2, -0.15) is 0 Å². The molecule has 0 bridgehead atoms. The fraction of sp³-hybridized carbons (Fsp3) is 0.600. The summed E-state index contributed by atoms with van der Waals surface area (Å²) in [6.45, 7) is 1.09. The SMILES string of the molecule is O=C(CSCc1ccccn1)N1CCCC1CCCO. The zero-order chi connectivity index (χ0) is 14.2. The third-order valence-electron chi connectivity index (χ3n) is 3.59. The van der Waals surface area contributed by atoms with E-state index in [0.29, 0.717) is 11.8 Å². The quantitative estimate of drug-likeness (QED) is 0.836. The Morgan fingerprint density at radius 2 is 2.40 bits per heavy atom. The molecule has 1 amide bonds. The molecule has 1 unspecified atom stereocenters. The first kappa shape index (κ1) is 15.3. The first-order chi connectivity index (χ1) is 9.81. The van der Waals surface area contributed by atoms with Gasteiger partial charge < -0.3 is 10.0 Å². The number of aromatic nitrogens is 1. The maximum atomic E-state index is 12.2. The van der Waals surface area contributed by atoms with E-state index >= 15 is 0 Å². The van der Waals surface area contributed by atoms with Crippen LogP contribution in [0.25, 0.3) is 0 Å². The third kappa shape index (κ3) is 4.49. The van der Waals surface area contributed by atoms with Crippen molar-refractivity contribution in [3.05, 3.63) is 30.1 Å². The standard InChI is InChI=1S/C15H22N2O2S/c18-10-4-7-14-6-3-9-17(14)15(19)12-20-11-13-5-1-2-8-16-13/h1-2,5,8,14,18H,3-4,6-7,9-12H2. The van der Waals surface area contributed by atoms with Gasteiger partial charge in [-0.25, -0.2) is 0 Å². The van der Waals surface area contributed by atoms with Gasteiger partial charge in [-0.3, -0.25) is 9.78 Å². The van der Waals surface area contributed by atoms with Crippen molar-refractivity contribution in [3.8, 4) is 0 Å². The Bertz CT molecular complexity index is 414. The fourth-order valence-electron chi connectivity index (χ4n) is 2.60. The Morgan fingerprint density at radius 1 is 1.50 bits per heavy atom. The lowest BCUT2D eigenvalue weighted by molar-refractivity contribution is -0.129. The van der Waals surface area contributed by atoms with Crippen LogP contribution in [0.3, 0.4) is 0 Å². The molecule has 1 saturated heterocycles. The van der Waals surface area contributed by atoms with Crippen LogP contribution < -0.4 is 0 Å². The number of likely N-dealkylation sites (tertiary alicyclic amines) is 1. The molecule has 0 radical (unpaired) electrons. The molecule has 2 heterocycles. The van der Waals surface area contributed by atoms with Crippen molar-refractivity contribution in [2.45, 2.75) is 37.5 Å². The highest BCUT2D eigenvalue weighted by Gasteiger charge is 2.27. The van der Waals surface area contributed by atoms with Gasteiger partial charge in [0.1, 0.15) is 0 Å². The van der Waals surface area contributed by atoms with Crippen molar-refractivity contribution >= 4 is 17.7 Å². The van der Waals surface area contributed by atoms with E-state index in [9.17, 15) is 4.79 Å². The maximum Gasteiger partial charge on any atom is 0.232 e. The van der Waals surface area contributed by atoms with Crippen LogP contribution in [-0.2, 0) is 10.5 Å². The molecular weight excluding hydrogens is 272 g/mol. The van der Waals surface area contributed by atoms with Gasteiger partial charge in [0.2, 0.25) is 5.91 Å². The van der Waals surface area contributed by atoms with Crippen molar-refractivity contribution in [2.75, 3.05) is 18.9 Å². The smallest absolute Gasteiger partial charge is 0.232 e. The lowest BCUT2D eigenvalue weighted by Gasteiger charge is -2.24. The number of nitrogens with zero attached hydrogens (tertiary/aromatic N) is 2. The van der Waals surface area contributed by atoms with Crippen LogP contribution >= 0.6 is 11.8 Å². The highest BCUT2D eigenvalue weighted by atomic mass is 32.2. The van der Waals surface area contributed by atoms with Crippen LogP contribution in [0.2, 0.25) is 0 Å². The second-order valence-corrected chi connectivity index (χ2v) is 6.05. The number of carbonyl (C=O) groups excluding carboxylic acids is 1. The molecule has 1 fully saturated rings. The largest absolute Gasteiger partial charge is 0.396 e. The van der Waals surface area contributed by atoms with E-state index in [0.717, 1.165) is 43.7 Å². The molecule has 20 heavy (non-hydrogen) atoms. The van der Waals surface area contributed by atoms with Gasteiger partial charge in [-0.1, -0.05) is 6.07 Å². The van der Waals surface area contributed by atoms with E-state index in [1.165, 1.54) is 0 Å². The summed E-state index contributed by atoms with van der Waals surface area (Å²) in [5.41, 5.74) is 1.02. The molecule has 1 atom stereocenters. The first-order valence-corrected chi connectivity index (χ1v) is 8.34. The van der Waals surface area contributed by atoms with Crippen LogP contribution in [0.15, 0.2) is 24.4 Å². The number of aliphatic hydroxyl groups is 1. The number of amides is 1. The molecule has 0 spiro atoms. The first-order valence-electron chi connectivity index (χ1n) is 7.19. The van der Waals surface area contributed by atoms with E-state index in [-0.39, 0.29) is 12.5 Å². The number of hydrogen-bond acceptors (Lipinski definition) is 4. The summed E-state index contributed by atoms with van der Waals surface area (Å²) in [5.74, 6) is 1.53. The minimum atomic E-state index is 0.215. The summed E-state index contributed by atoms with van der Waals surface area (Å²) in [4.78, 5) is 18.5. The van der Waals surface area contributed by atoms with Gasteiger partial charge in [-0.05, 0) is 37.8 Å². The molecular formula is C15H22N2O2S. The van der Waals surface area contributed by atoms with Gasteiger partial charge in [0, 0.05) is 31.1 Å². The molecule has 4 nitrogen and oxygen atoms in total. The van der Waals surface area contributed by atoms with Crippen LogP contribution in [0.5, 0.6) is 0 Å². The Kier molecular flexibility index (Phi) is 6.33. The summed E-state index contributed by atoms with van der Waals surface area (Å²) in [7, 11) is 0. The lowest BCUT2D eigenvalue weighted by Crippen LogP contribution is -2.36. The Morgan fingerprint density at radius 3 is 3.15 bits per heavy atom. The average molecular weight is 294 g/mol.